The van der Waals surface area contributed by atoms with E-state index in [1.807, 2.05) is 0 Å². The van der Waals surface area contributed by atoms with E-state index in [-0.39, 0.29) is 30.2 Å². The van der Waals surface area contributed by atoms with Gasteiger partial charge in [-0.25, -0.2) is 4.98 Å². The molecule has 116 valence electrons. The molecular formula is C12H18N4O5. The predicted octanol–water partition coefficient (Wildman–Crippen LogP) is 0.307. The lowest BCUT2D eigenvalue weighted by Gasteiger charge is -2.22. The summed E-state index contributed by atoms with van der Waals surface area (Å²) in [6, 6.07) is 1.20. The second-order valence-corrected chi connectivity index (χ2v) is 4.16. The van der Waals surface area contributed by atoms with Crippen LogP contribution in [0, 0.1) is 10.1 Å². The number of pyridine rings is 1. The molecule has 0 aliphatic carbocycles. The van der Waals surface area contributed by atoms with Crippen molar-refractivity contribution in [1.82, 2.24) is 9.88 Å². The van der Waals surface area contributed by atoms with Gasteiger partial charge in [-0.15, -0.1) is 0 Å². The zero-order valence-corrected chi connectivity index (χ0v) is 11.9. The third-order valence-electron chi connectivity index (χ3n) is 2.75. The number of aromatic nitrogens is 1. The van der Waals surface area contributed by atoms with E-state index < -0.39 is 10.8 Å². The monoisotopic (exact) mass is 298 g/mol. The summed E-state index contributed by atoms with van der Waals surface area (Å²) in [7, 11) is 3.01. The molecule has 9 nitrogen and oxygen atoms in total. The van der Waals surface area contributed by atoms with Crippen LogP contribution in [-0.4, -0.2) is 61.2 Å². The largest absolute Gasteiger partial charge is 0.384 e. The van der Waals surface area contributed by atoms with Gasteiger partial charge < -0.3 is 20.1 Å². The molecule has 2 N–H and O–H groups in total. The number of nitrogens with two attached hydrogens (primary N) is 1. The number of ether oxygens (including phenoxy) is 2. The van der Waals surface area contributed by atoms with Crippen LogP contribution in [0.5, 0.6) is 0 Å². The molecule has 1 heterocycles. The lowest BCUT2D eigenvalue weighted by atomic mass is 10.2. The molecule has 0 saturated carbocycles. The maximum absolute atomic E-state index is 12.5. The lowest BCUT2D eigenvalue weighted by molar-refractivity contribution is -0.385. The van der Waals surface area contributed by atoms with Crippen LogP contribution in [0.25, 0.3) is 0 Å². The lowest BCUT2D eigenvalue weighted by Crippen LogP contribution is -2.36. The summed E-state index contributed by atoms with van der Waals surface area (Å²) in [6.07, 6.45) is 0.980. The smallest absolute Gasteiger partial charge is 0.300 e. The molecule has 0 radical (unpaired) electrons. The average Bonchev–Trinajstić information content (AvgIpc) is 2.46. The molecule has 0 unspecified atom stereocenters. The predicted molar refractivity (Wildman–Crippen MR) is 75.0 cm³/mol. The number of carbonyl (C=O) groups excluding carboxylic acids is 1. The first-order valence-electron chi connectivity index (χ1n) is 6.18. The van der Waals surface area contributed by atoms with E-state index in [9.17, 15) is 14.9 Å². The van der Waals surface area contributed by atoms with Gasteiger partial charge in [-0.3, -0.25) is 14.9 Å². The van der Waals surface area contributed by atoms with Crippen molar-refractivity contribution in [2.45, 2.75) is 0 Å². The summed E-state index contributed by atoms with van der Waals surface area (Å²) in [6.45, 7) is 1.20. The first-order chi connectivity index (χ1) is 10.0. The van der Waals surface area contributed by atoms with Crippen molar-refractivity contribution < 1.29 is 19.2 Å². The number of nitro groups is 1. The summed E-state index contributed by atoms with van der Waals surface area (Å²) in [5, 5.41) is 11.0. The van der Waals surface area contributed by atoms with E-state index in [0.29, 0.717) is 13.2 Å². The van der Waals surface area contributed by atoms with Crippen molar-refractivity contribution in [2.24, 2.45) is 0 Å². The molecule has 0 aromatic carbocycles. The van der Waals surface area contributed by atoms with Crippen molar-refractivity contribution in [2.75, 3.05) is 46.3 Å². The van der Waals surface area contributed by atoms with Crippen LogP contribution >= 0.6 is 0 Å². The van der Waals surface area contributed by atoms with Crippen LogP contribution in [0.4, 0.5) is 11.5 Å². The standard InChI is InChI=1S/C12H18N4O5/c1-20-5-3-15(4-6-21-2)12(17)9-7-11(13)14-8-10(9)16(18)19/h7-8H,3-6H2,1-2H3,(H2,13,14). The fourth-order valence-electron chi connectivity index (χ4n) is 1.67. The first-order valence-corrected chi connectivity index (χ1v) is 6.18. The molecule has 1 aromatic heterocycles. The molecule has 0 aliphatic heterocycles. The van der Waals surface area contributed by atoms with Gasteiger partial charge in [-0.05, 0) is 6.07 Å². The highest BCUT2D eigenvalue weighted by Crippen LogP contribution is 2.20. The molecular weight excluding hydrogens is 280 g/mol. The number of nitrogen functional groups attached to an aromatic ring is 1. The van der Waals surface area contributed by atoms with Crippen LogP contribution in [-0.2, 0) is 9.47 Å². The summed E-state index contributed by atoms with van der Waals surface area (Å²) >= 11 is 0. The second kappa shape index (κ2) is 8.12. The Hall–Kier alpha value is -2.26. The van der Waals surface area contributed by atoms with Crippen LogP contribution < -0.4 is 5.73 Å². The first kappa shape index (κ1) is 16.8. The second-order valence-electron chi connectivity index (χ2n) is 4.16. The molecule has 0 saturated heterocycles. The molecule has 0 atom stereocenters. The number of methoxy groups -OCH3 is 2. The van der Waals surface area contributed by atoms with Gasteiger partial charge in [-0.1, -0.05) is 0 Å². The highest BCUT2D eigenvalue weighted by molar-refractivity contribution is 5.98. The van der Waals surface area contributed by atoms with Gasteiger partial charge in [0, 0.05) is 27.3 Å². The zero-order valence-electron chi connectivity index (χ0n) is 11.9. The van der Waals surface area contributed by atoms with Gasteiger partial charge in [-0.2, -0.15) is 0 Å². The van der Waals surface area contributed by atoms with Crippen molar-refractivity contribution in [1.29, 1.82) is 0 Å². The van der Waals surface area contributed by atoms with E-state index in [0.717, 1.165) is 6.20 Å². The number of hydrogen-bond donors (Lipinski definition) is 1. The van der Waals surface area contributed by atoms with E-state index >= 15 is 0 Å². The number of rotatable bonds is 8. The van der Waals surface area contributed by atoms with Gasteiger partial charge in [0.2, 0.25) is 0 Å². The highest BCUT2D eigenvalue weighted by Gasteiger charge is 2.25. The fraction of sp³-hybridized carbons (Fsp3) is 0.500. The third-order valence-corrected chi connectivity index (χ3v) is 2.75. The molecule has 9 heteroatoms. The molecule has 0 aliphatic rings. The highest BCUT2D eigenvalue weighted by atomic mass is 16.6. The third kappa shape index (κ3) is 4.65. The Morgan fingerprint density at radius 1 is 1.38 bits per heavy atom. The quantitative estimate of drug-likeness (QED) is 0.541. The minimum atomic E-state index is -0.662. The topological polar surface area (TPSA) is 121 Å². The Balaban J connectivity index is 3.06. The normalized spacial score (nSPS) is 10.4. The van der Waals surface area contributed by atoms with Gasteiger partial charge in [0.1, 0.15) is 17.6 Å². The number of hydrogen-bond acceptors (Lipinski definition) is 7. The average molecular weight is 298 g/mol. The minimum absolute atomic E-state index is 0.0439. The van der Waals surface area contributed by atoms with Crippen molar-refractivity contribution >= 4 is 17.4 Å². The summed E-state index contributed by atoms with van der Waals surface area (Å²) in [5.41, 5.74) is 5.03. The number of anilines is 1. The molecule has 1 amide bonds. The van der Waals surface area contributed by atoms with Gasteiger partial charge >= 0.3 is 0 Å². The molecule has 0 spiro atoms. The van der Waals surface area contributed by atoms with Crippen LogP contribution in [0.3, 0.4) is 0 Å². The van der Waals surface area contributed by atoms with E-state index in [2.05, 4.69) is 4.98 Å². The molecule has 1 aromatic rings. The molecule has 0 bridgehead atoms. The Bertz CT molecular complexity index is 500. The minimum Gasteiger partial charge on any atom is -0.384 e. The van der Waals surface area contributed by atoms with Crippen molar-refractivity contribution in [3.8, 4) is 0 Å². The van der Waals surface area contributed by atoms with Crippen LogP contribution in [0.2, 0.25) is 0 Å². The SMILES string of the molecule is COCCN(CCOC)C(=O)c1cc(N)ncc1[N+](=O)[O-]. The fourth-order valence-corrected chi connectivity index (χ4v) is 1.67. The summed E-state index contributed by atoms with van der Waals surface area (Å²) in [5.74, 6) is -0.465. The van der Waals surface area contributed by atoms with E-state index in [4.69, 9.17) is 15.2 Å². The maximum atomic E-state index is 12.5. The summed E-state index contributed by atoms with van der Waals surface area (Å²) in [4.78, 5) is 27.8. The molecule has 0 fully saturated rings. The Morgan fingerprint density at radius 3 is 2.43 bits per heavy atom. The summed E-state index contributed by atoms with van der Waals surface area (Å²) < 4.78 is 9.87. The Labute approximate surface area is 121 Å². The molecule has 1 rings (SSSR count). The Morgan fingerprint density at radius 2 is 1.95 bits per heavy atom. The van der Waals surface area contributed by atoms with E-state index in [1.54, 1.807) is 0 Å². The number of nitrogens with zero attached hydrogens (tertiary/aromatic N) is 3. The van der Waals surface area contributed by atoms with Crippen molar-refractivity contribution in [3.05, 3.63) is 27.9 Å². The van der Waals surface area contributed by atoms with Gasteiger partial charge in [0.05, 0.1) is 18.1 Å². The van der Waals surface area contributed by atoms with Crippen LogP contribution in [0.15, 0.2) is 12.3 Å². The van der Waals surface area contributed by atoms with Gasteiger partial charge in [0.15, 0.2) is 0 Å². The number of carbonyl (C=O) groups is 1. The van der Waals surface area contributed by atoms with Crippen molar-refractivity contribution in [3.63, 3.8) is 0 Å². The number of amides is 1. The Kier molecular flexibility index (Phi) is 6.50. The molecule has 21 heavy (non-hydrogen) atoms. The van der Waals surface area contributed by atoms with E-state index in [1.165, 1.54) is 25.2 Å². The van der Waals surface area contributed by atoms with Gasteiger partial charge in [0.25, 0.3) is 11.6 Å². The maximum Gasteiger partial charge on any atom is 0.300 e. The van der Waals surface area contributed by atoms with Crippen LogP contribution in [0.1, 0.15) is 10.4 Å². The zero-order chi connectivity index (χ0) is 15.8.